The molecule has 0 saturated heterocycles. The number of phenols is 1. The van der Waals surface area contributed by atoms with E-state index in [0.29, 0.717) is 19.4 Å². The molecule has 0 aliphatic carbocycles. The van der Waals surface area contributed by atoms with Crippen LogP contribution in [0.1, 0.15) is 17.7 Å². The van der Waals surface area contributed by atoms with Gasteiger partial charge >= 0.3 is 0 Å². The van der Waals surface area contributed by atoms with Crippen LogP contribution in [-0.4, -0.2) is 20.4 Å². The Morgan fingerprint density at radius 3 is 2.87 bits per heavy atom. The van der Waals surface area contributed by atoms with E-state index in [9.17, 15) is 9.90 Å². The fraction of sp³-hybridized carbons (Fsp3) is 0.176. The molecule has 0 bridgehead atoms. The molecule has 2 aromatic heterocycles. The van der Waals surface area contributed by atoms with Crippen LogP contribution in [0.15, 0.2) is 53.3 Å². The van der Waals surface area contributed by atoms with Crippen molar-refractivity contribution >= 4 is 27.5 Å². The molecule has 6 heteroatoms. The Morgan fingerprint density at radius 1 is 1.22 bits per heavy atom. The second-order valence-electron chi connectivity index (χ2n) is 5.25. The summed E-state index contributed by atoms with van der Waals surface area (Å²) in [7, 11) is 0. The number of aromatic nitrogens is 2. The highest BCUT2D eigenvalue weighted by molar-refractivity contribution is 9.10. The van der Waals surface area contributed by atoms with Gasteiger partial charge in [0.25, 0.3) is 0 Å². The van der Waals surface area contributed by atoms with E-state index in [4.69, 9.17) is 0 Å². The van der Waals surface area contributed by atoms with Gasteiger partial charge in [0.05, 0.1) is 12.2 Å². The average molecular weight is 374 g/mol. The molecule has 2 heterocycles. The van der Waals surface area contributed by atoms with E-state index in [2.05, 4.69) is 26.2 Å². The Morgan fingerprint density at radius 2 is 2.04 bits per heavy atom. The number of nitrogens with one attached hydrogen (secondary N) is 1. The van der Waals surface area contributed by atoms with Gasteiger partial charge in [0.15, 0.2) is 0 Å². The largest absolute Gasteiger partial charge is 0.508 e. The van der Waals surface area contributed by atoms with Crippen molar-refractivity contribution in [1.82, 2.24) is 14.7 Å². The van der Waals surface area contributed by atoms with Gasteiger partial charge in [0, 0.05) is 23.3 Å². The summed E-state index contributed by atoms with van der Waals surface area (Å²) in [6.07, 6.45) is 4.66. The Labute approximate surface area is 142 Å². The lowest BCUT2D eigenvalue weighted by Gasteiger charge is -2.05. The van der Waals surface area contributed by atoms with Crippen molar-refractivity contribution in [3.05, 3.63) is 64.5 Å². The zero-order chi connectivity index (χ0) is 16.2. The number of para-hydroxylation sites is 1. The van der Waals surface area contributed by atoms with Crippen molar-refractivity contribution in [3.8, 4) is 5.75 Å². The lowest BCUT2D eigenvalue weighted by atomic mass is 10.1. The lowest BCUT2D eigenvalue weighted by Crippen LogP contribution is -2.23. The molecule has 0 aliphatic heterocycles. The van der Waals surface area contributed by atoms with Gasteiger partial charge in [-0.15, -0.1) is 0 Å². The lowest BCUT2D eigenvalue weighted by molar-refractivity contribution is -0.121. The number of hydrogen-bond acceptors (Lipinski definition) is 3. The van der Waals surface area contributed by atoms with E-state index < -0.39 is 0 Å². The Kier molecular flexibility index (Phi) is 4.62. The number of phenolic OH excluding ortho intramolecular Hbond substituents is 1. The van der Waals surface area contributed by atoms with Crippen LogP contribution >= 0.6 is 15.9 Å². The van der Waals surface area contributed by atoms with E-state index in [1.165, 1.54) is 0 Å². The summed E-state index contributed by atoms with van der Waals surface area (Å²) in [5.41, 5.74) is 2.42. The standard InChI is InChI=1S/C17H16BrN3O2/c18-13-6-7-16-20-14(11-21(16)10-13)9-19-17(23)8-5-12-3-1-2-4-15(12)22/h1-4,6-7,10-11,22H,5,8-9H2,(H,19,23). The number of pyridine rings is 1. The first kappa shape index (κ1) is 15.6. The fourth-order valence-corrected chi connectivity index (χ4v) is 2.70. The smallest absolute Gasteiger partial charge is 0.220 e. The van der Waals surface area contributed by atoms with Gasteiger partial charge in [-0.3, -0.25) is 4.79 Å². The molecule has 1 amide bonds. The maximum atomic E-state index is 11.9. The number of aromatic hydroxyl groups is 1. The van der Waals surface area contributed by atoms with Crippen molar-refractivity contribution in [1.29, 1.82) is 0 Å². The van der Waals surface area contributed by atoms with Crippen LogP contribution < -0.4 is 5.32 Å². The minimum Gasteiger partial charge on any atom is -0.508 e. The van der Waals surface area contributed by atoms with E-state index >= 15 is 0 Å². The molecular weight excluding hydrogens is 358 g/mol. The summed E-state index contributed by atoms with van der Waals surface area (Å²) in [6.45, 7) is 0.388. The summed E-state index contributed by atoms with van der Waals surface area (Å²) in [5.74, 6) is 0.165. The molecule has 1 aromatic carbocycles. The average Bonchev–Trinajstić information content (AvgIpc) is 2.94. The molecule has 0 atom stereocenters. The number of hydrogen-bond donors (Lipinski definition) is 2. The van der Waals surface area contributed by atoms with E-state index in [0.717, 1.165) is 21.4 Å². The second kappa shape index (κ2) is 6.83. The minimum absolute atomic E-state index is 0.0634. The van der Waals surface area contributed by atoms with Crippen LogP contribution in [-0.2, 0) is 17.8 Å². The monoisotopic (exact) mass is 373 g/mol. The van der Waals surface area contributed by atoms with Crippen LogP contribution in [0.5, 0.6) is 5.75 Å². The minimum atomic E-state index is -0.0634. The van der Waals surface area contributed by atoms with Crippen LogP contribution in [0.4, 0.5) is 0 Å². The molecule has 0 fully saturated rings. The number of aryl methyl sites for hydroxylation is 1. The molecule has 0 radical (unpaired) electrons. The first-order chi connectivity index (χ1) is 11.1. The number of nitrogens with zero attached hydrogens (tertiary/aromatic N) is 2. The third-order valence-corrected chi connectivity index (χ3v) is 4.01. The van der Waals surface area contributed by atoms with Crippen molar-refractivity contribution in [2.24, 2.45) is 0 Å². The number of benzene rings is 1. The predicted octanol–water partition coefficient (Wildman–Crippen LogP) is 3.05. The maximum Gasteiger partial charge on any atom is 0.220 e. The molecule has 0 saturated carbocycles. The van der Waals surface area contributed by atoms with E-state index in [1.807, 2.05) is 41.1 Å². The number of halogens is 1. The third-order valence-electron chi connectivity index (χ3n) is 3.54. The summed E-state index contributed by atoms with van der Waals surface area (Å²) in [4.78, 5) is 16.4. The Hall–Kier alpha value is -2.34. The van der Waals surface area contributed by atoms with Crippen molar-refractivity contribution in [3.63, 3.8) is 0 Å². The van der Waals surface area contributed by atoms with Gasteiger partial charge in [-0.2, -0.15) is 0 Å². The van der Waals surface area contributed by atoms with Crippen molar-refractivity contribution in [2.45, 2.75) is 19.4 Å². The summed E-state index contributed by atoms with van der Waals surface area (Å²) in [6, 6.07) is 10.9. The van der Waals surface area contributed by atoms with E-state index in [-0.39, 0.29) is 11.7 Å². The predicted molar refractivity (Wildman–Crippen MR) is 91.2 cm³/mol. The third kappa shape index (κ3) is 3.90. The topological polar surface area (TPSA) is 66.6 Å². The summed E-state index contributed by atoms with van der Waals surface area (Å²) >= 11 is 3.41. The maximum absolute atomic E-state index is 11.9. The Balaban J connectivity index is 1.54. The van der Waals surface area contributed by atoms with Crippen LogP contribution in [0.2, 0.25) is 0 Å². The fourth-order valence-electron chi connectivity index (χ4n) is 2.35. The quantitative estimate of drug-likeness (QED) is 0.722. The van der Waals surface area contributed by atoms with E-state index in [1.54, 1.807) is 12.1 Å². The zero-order valence-corrected chi connectivity index (χ0v) is 14.0. The number of fused-ring (bicyclic) bond motifs is 1. The normalized spacial score (nSPS) is 10.8. The molecule has 5 nitrogen and oxygen atoms in total. The van der Waals surface area contributed by atoms with Gasteiger partial charge in [0.1, 0.15) is 11.4 Å². The number of carbonyl (C=O) groups excluding carboxylic acids is 1. The van der Waals surface area contributed by atoms with Crippen molar-refractivity contribution in [2.75, 3.05) is 0 Å². The molecule has 3 aromatic rings. The summed E-state index contributed by atoms with van der Waals surface area (Å²) < 4.78 is 2.88. The molecule has 0 spiro atoms. The number of amides is 1. The van der Waals surface area contributed by atoms with Crippen LogP contribution in [0, 0.1) is 0 Å². The Bertz CT molecular complexity index is 845. The first-order valence-electron chi connectivity index (χ1n) is 7.28. The zero-order valence-electron chi connectivity index (χ0n) is 12.4. The number of imidazole rings is 1. The molecule has 3 rings (SSSR count). The SMILES string of the molecule is O=C(CCc1ccccc1O)NCc1cn2cc(Br)ccc2n1. The summed E-state index contributed by atoms with van der Waals surface area (Å²) in [5, 5.41) is 12.5. The van der Waals surface area contributed by atoms with Crippen LogP contribution in [0.25, 0.3) is 5.65 Å². The highest BCUT2D eigenvalue weighted by Gasteiger charge is 2.07. The first-order valence-corrected chi connectivity index (χ1v) is 8.08. The van der Waals surface area contributed by atoms with Gasteiger partial charge in [-0.1, -0.05) is 18.2 Å². The van der Waals surface area contributed by atoms with Crippen molar-refractivity contribution < 1.29 is 9.90 Å². The van der Waals surface area contributed by atoms with Gasteiger partial charge in [-0.05, 0) is 46.1 Å². The molecular formula is C17H16BrN3O2. The molecule has 23 heavy (non-hydrogen) atoms. The number of carbonyl (C=O) groups is 1. The van der Waals surface area contributed by atoms with Crippen LogP contribution in [0.3, 0.4) is 0 Å². The van der Waals surface area contributed by atoms with Gasteiger partial charge in [-0.25, -0.2) is 4.98 Å². The van der Waals surface area contributed by atoms with Gasteiger partial charge in [0.2, 0.25) is 5.91 Å². The van der Waals surface area contributed by atoms with Gasteiger partial charge < -0.3 is 14.8 Å². The highest BCUT2D eigenvalue weighted by Crippen LogP contribution is 2.17. The molecule has 0 aliphatic rings. The molecule has 0 unspecified atom stereocenters. The highest BCUT2D eigenvalue weighted by atomic mass is 79.9. The number of rotatable bonds is 5. The molecule has 2 N–H and O–H groups in total. The molecule has 118 valence electrons. The second-order valence-corrected chi connectivity index (χ2v) is 6.17.